The van der Waals surface area contributed by atoms with Crippen LogP contribution < -0.4 is 16.0 Å². The van der Waals surface area contributed by atoms with Crippen molar-refractivity contribution in [2.24, 2.45) is 10.7 Å². The minimum Gasteiger partial charge on any atom is -0.378 e. The van der Waals surface area contributed by atoms with Crippen molar-refractivity contribution in [2.75, 3.05) is 37.7 Å². The highest BCUT2D eigenvalue weighted by Crippen LogP contribution is 2.21. The maximum Gasteiger partial charge on any atom is 0.189 e. The summed E-state index contributed by atoms with van der Waals surface area (Å²) in [7, 11) is 0. The Bertz CT molecular complexity index is 559. The highest BCUT2D eigenvalue weighted by atomic mass is 127. The number of guanidine groups is 1. The van der Waals surface area contributed by atoms with Gasteiger partial charge in [0.1, 0.15) is 5.82 Å². The van der Waals surface area contributed by atoms with Crippen LogP contribution in [0, 0.1) is 5.82 Å². The molecule has 0 amide bonds. The van der Waals surface area contributed by atoms with E-state index in [1.165, 1.54) is 6.07 Å². The summed E-state index contributed by atoms with van der Waals surface area (Å²) in [5.41, 5.74) is 8.11. The third-order valence-electron chi connectivity index (χ3n) is 3.37. The number of nitrogens with one attached hydrogen (secondary N) is 1. The van der Waals surface area contributed by atoms with Gasteiger partial charge in [-0.2, -0.15) is 0 Å². The Kier molecular flexibility index (Phi) is 8.32. The Morgan fingerprint density at radius 3 is 2.74 bits per heavy atom. The smallest absolute Gasteiger partial charge is 0.189 e. The maximum atomic E-state index is 14.2. The van der Waals surface area contributed by atoms with Crippen LogP contribution in [0.3, 0.4) is 0 Å². The highest BCUT2D eigenvalue weighted by Gasteiger charge is 2.15. The Morgan fingerprint density at radius 1 is 1.43 bits per heavy atom. The summed E-state index contributed by atoms with van der Waals surface area (Å²) in [6, 6.07) is 5.19. The summed E-state index contributed by atoms with van der Waals surface area (Å²) in [5.74, 6) is 0.101. The highest BCUT2D eigenvalue weighted by molar-refractivity contribution is 14.0. The van der Waals surface area contributed by atoms with Crippen LogP contribution in [0.5, 0.6) is 0 Å². The van der Waals surface area contributed by atoms with Crippen molar-refractivity contribution in [3.8, 4) is 0 Å². The molecule has 0 spiro atoms. The number of halogens is 2. The molecule has 128 valence electrons. The normalized spacial score (nSPS) is 15.0. The van der Waals surface area contributed by atoms with Crippen LogP contribution in [0.15, 0.2) is 35.3 Å². The number of hydrogen-bond donors (Lipinski definition) is 2. The van der Waals surface area contributed by atoms with Gasteiger partial charge in [0.05, 0.1) is 25.4 Å². The van der Waals surface area contributed by atoms with Gasteiger partial charge in [-0.25, -0.2) is 9.38 Å². The zero-order chi connectivity index (χ0) is 15.9. The minimum atomic E-state index is -0.233. The Balaban J connectivity index is 0.00000264. The first-order valence-electron chi connectivity index (χ1n) is 7.35. The molecule has 1 saturated heterocycles. The molecule has 1 aliphatic heterocycles. The lowest BCUT2D eigenvalue weighted by Crippen LogP contribution is -2.36. The number of nitrogens with zero attached hydrogens (tertiary/aromatic N) is 2. The van der Waals surface area contributed by atoms with E-state index in [9.17, 15) is 4.39 Å². The summed E-state index contributed by atoms with van der Waals surface area (Å²) in [6.45, 7) is 9.30. The van der Waals surface area contributed by atoms with Crippen molar-refractivity contribution in [1.82, 2.24) is 5.32 Å². The molecule has 1 aliphatic rings. The molecule has 1 aromatic carbocycles. The first-order valence-corrected chi connectivity index (χ1v) is 7.35. The van der Waals surface area contributed by atoms with Gasteiger partial charge in [-0.15, -0.1) is 24.0 Å². The van der Waals surface area contributed by atoms with Gasteiger partial charge in [-0.05, 0) is 24.6 Å². The molecule has 1 fully saturated rings. The molecule has 1 heterocycles. The zero-order valence-electron chi connectivity index (χ0n) is 13.3. The first kappa shape index (κ1) is 19.7. The molecule has 23 heavy (non-hydrogen) atoms. The fourth-order valence-electron chi connectivity index (χ4n) is 2.18. The molecule has 0 aliphatic carbocycles. The fourth-order valence-corrected chi connectivity index (χ4v) is 2.18. The van der Waals surface area contributed by atoms with E-state index in [0.29, 0.717) is 51.0 Å². The Hall–Kier alpha value is -1.35. The minimum absolute atomic E-state index is 0. The molecule has 0 atom stereocenters. The second kappa shape index (κ2) is 9.71. The zero-order valence-corrected chi connectivity index (χ0v) is 15.7. The van der Waals surface area contributed by atoms with Crippen molar-refractivity contribution >= 4 is 35.6 Å². The summed E-state index contributed by atoms with van der Waals surface area (Å²) in [6.07, 6.45) is 0. The summed E-state index contributed by atoms with van der Waals surface area (Å²) in [5, 5.41) is 2.94. The van der Waals surface area contributed by atoms with Gasteiger partial charge in [0.25, 0.3) is 0 Å². The quantitative estimate of drug-likeness (QED) is 0.323. The van der Waals surface area contributed by atoms with Gasteiger partial charge in [0.2, 0.25) is 0 Å². The number of morpholine rings is 1. The Morgan fingerprint density at radius 2 is 2.13 bits per heavy atom. The number of aliphatic imine (C=N–C) groups is 1. The van der Waals surface area contributed by atoms with Crippen LogP contribution in [0.25, 0.3) is 0 Å². The second-order valence-electron chi connectivity index (χ2n) is 5.40. The van der Waals surface area contributed by atoms with Gasteiger partial charge in [-0.1, -0.05) is 18.2 Å². The number of benzene rings is 1. The summed E-state index contributed by atoms with van der Waals surface area (Å²) in [4.78, 5) is 6.19. The van der Waals surface area contributed by atoms with E-state index < -0.39 is 0 Å². The lowest BCUT2D eigenvalue weighted by atomic mass is 10.1. The molecule has 5 nitrogen and oxygen atoms in total. The van der Waals surface area contributed by atoms with Crippen LogP contribution in [0.4, 0.5) is 10.1 Å². The molecular weight excluding hydrogens is 410 g/mol. The average molecular weight is 434 g/mol. The second-order valence-corrected chi connectivity index (χ2v) is 5.40. The summed E-state index contributed by atoms with van der Waals surface area (Å²) >= 11 is 0. The fraction of sp³-hybridized carbons (Fsp3) is 0.438. The number of nitrogens with two attached hydrogens (primary N) is 1. The molecule has 0 bridgehead atoms. The standard InChI is InChI=1S/C16H23FN4O.HI/c1-12(2)10-19-16(18)20-11-13-3-4-15(14(17)9-13)21-5-7-22-8-6-21;/h3-4,9H,1,5-8,10-11H2,2H3,(H3,18,19,20);1H. The van der Waals surface area contributed by atoms with Gasteiger partial charge < -0.3 is 20.7 Å². The number of hydrogen-bond acceptors (Lipinski definition) is 3. The van der Waals surface area contributed by atoms with Gasteiger partial charge in [-0.3, -0.25) is 0 Å². The predicted molar refractivity (Wildman–Crippen MR) is 103 cm³/mol. The molecule has 1 aromatic rings. The predicted octanol–water partition coefficient (Wildman–Crippen LogP) is 2.26. The number of ether oxygens (including phenoxy) is 1. The van der Waals surface area contributed by atoms with E-state index in [2.05, 4.69) is 16.9 Å². The van der Waals surface area contributed by atoms with Crippen molar-refractivity contribution in [2.45, 2.75) is 13.5 Å². The van der Waals surface area contributed by atoms with Crippen molar-refractivity contribution in [1.29, 1.82) is 0 Å². The average Bonchev–Trinajstić information content (AvgIpc) is 2.52. The van der Waals surface area contributed by atoms with Crippen LogP contribution in [-0.4, -0.2) is 38.8 Å². The molecular formula is C16H24FIN4O. The molecule has 0 saturated carbocycles. The third kappa shape index (κ3) is 6.34. The van der Waals surface area contributed by atoms with Crippen LogP contribution >= 0.6 is 24.0 Å². The van der Waals surface area contributed by atoms with E-state index in [1.807, 2.05) is 17.9 Å². The lowest BCUT2D eigenvalue weighted by Gasteiger charge is -2.29. The number of rotatable bonds is 5. The van der Waals surface area contributed by atoms with Crippen molar-refractivity contribution in [3.63, 3.8) is 0 Å². The Labute approximate surface area is 153 Å². The van der Waals surface area contributed by atoms with E-state index in [4.69, 9.17) is 10.5 Å². The largest absolute Gasteiger partial charge is 0.378 e. The lowest BCUT2D eigenvalue weighted by molar-refractivity contribution is 0.122. The van der Waals surface area contributed by atoms with E-state index in [-0.39, 0.29) is 29.8 Å². The van der Waals surface area contributed by atoms with Crippen LogP contribution in [0.2, 0.25) is 0 Å². The summed E-state index contributed by atoms with van der Waals surface area (Å²) < 4.78 is 19.5. The SMILES string of the molecule is C=C(C)CNC(N)=NCc1ccc(N2CCOCC2)c(F)c1.I. The van der Waals surface area contributed by atoms with E-state index in [0.717, 1.165) is 11.1 Å². The first-order chi connectivity index (χ1) is 10.6. The van der Waals surface area contributed by atoms with E-state index >= 15 is 0 Å². The topological polar surface area (TPSA) is 62.9 Å². The van der Waals surface area contributed by atoms with Gasteiger partial charge in [0.15, 0.2) is 5.96 Å². The molecule has 0 aromatic heterocycles. The van der Waals surface area contributed by atoms with Crippen molar-refractivity contribution in [3.05, 3.63) is 41.7 Å². The van der Waals surface area contributed by atoms with E-state index in [1.54, 1.807) is 6.07 Å². The van der Waals surface area contributed by atoms with Crippen molar-refractivity contribution < 1.29 is 9.13 Å². The molecule has 0 radical (unpaired) electrons. The third-order valence-corrected chi connectivity index (χ3v) is 3.37. The van der Waals surface area contributed by atoms with Crippen LogP contribution in [0.1, 0.15) is 12.5 Å². The number of anilines is 1. The molecule has 3 N–H and O–H groups in total. The van der Waals surface area contributed by atoms with Gasteiger partial charge >= 0.3 is 0 Å². The maximum absolute atomic E-state index is 14.2. The van der Waals surface area contributed by atoms with Gasteiger partial charge in [0, 0.05) is 19.6 Å². The van der Waals surface area contributed by atoms with Crippen LogP contribution in [-0.2, 0) is 11.3 Å². The monoisotopic (exact) mass is 434 g/mol. The molecule has 0 unspecified atom stereocenters. The molecule has 7 heteroatoms. The molecule has 2 rings (SSSR count).